The molecule has 0 aliphatic carbocycles. The van der Waals surface area contributed by atoms with Crippen molar-refractivity contribution in [1.82, 2.24) is 10.6 Å². The lowest BCUT2D eigenvalue weighted by Gasteiger charge is -2.27. The van der Waals surface area contributed by atoms with Gasteiger partial charge in [-0.15, -0.1) is 0 Å². The van der Waals surface area contributed by atoms with Gasteiger partial charge in [0.1, 0.15) is 6.10 Å². The second kappa shape index (κ2) is 8.34. The zero-order valence-electron chi connectivity index (χ0n) is 13.8. The molecule has 6 nitrogen and oxygen atoms in total. The van der Waals surface area contributed by atoms with E-state index in [1.807, 2.05) is 0 Å². The van der Waals surface area contributed by atoms with Crippen molar-refractivity contribution in [2.45, 2.75) is 53.6 Å². The van der Waals surface area contributed by atoms with E-state index in [0.29, 0.717) is 6.54 Å². The molecule has 0 fully saturated rings. The van der Waals surface area contributed by atoms with Crippen LogP contribution in [0.2, 0.25) is 0 Å². The van der Waals surface area contributed by atoms with Gasteiger partial charge in [-0.3, -0.25) is 9.59 Å². The van der Waals surface area contributed by atoms with E-state index in [4.69, 9.17) is 5.11 Å². The summed E-state index contributed by atoms with van der Waals surface area (Å²) < 4.78 is 0. The highest BCUT2D eigenvalue weighted by Crippen LogP contribution is 2.19. The molecule has 0 unspecified atom stereocenters. The third kappa shape index (κ3) is 8.67. The van der Waals surface area contributed by atoms with Crippen molar-refractivity contribution in [3.05, 3.63) is 0 Å². The predicted octanol–water partition coefficient (Wildman–Crippen LogP) is 0.425. The van der Waals surface area contributed by atoms with Gasteiger partial charge in [-0.1, -0.05) is 34.6 Å². The third-order valence-electron chi connectivity index (χ3n) is 3.24. The lowest BCUT2D eigenvalue weighted by Crippen LogP contribution is -2.46. The number of nitrogens with one attached hydrogen (secondary N) is 2. The predicted molar refractivity (Wildman–Crippen MR) is 81.6 cm³/mol. The highest BCUT2D eigenvalue weighted by molar-refractivity contribution is 5.82. The highest BCUT2D eigenvalue weighted by atomic mass is 16.3. The number of carbonyl (C=O) groups is 2. The van der Waals surface area contributed by atoms with Crippen molar-refractivity contribution in [1.29, 1.82) is 0 Å². The number of hydrogen-bond donors (Lipinski definition) is 4. The zero-order chi connectivity index (χ0) is 16.7. The Labute approximate surface area is 127 Å². The first kappa shape index (κ1) is 19.9. The monoisotopic (exact) mass is 302 g/mol. The van der Waals surface area contributed by atoms with Crippen LogP contribution in [0.5, 0.6) is 0 Å². The Morgan fingerprint density at radius 2 is 1.62 bits per heavy atom. The van der Waals surface area contributed by atoms with Gasteiger partial charge in [-0.25, -0.2) is 0 Å². The fraction of sp³-hybridized carbons (Fsp3) is 0.867. The molecule has 124 valence electrons. The molecule has 0 bridgehead atoms. The number of aliphatic hydroxyl groups excluding tert-OH is 2. The van der Waals surface area contributed by atoms with Crippen LogP contribution < -0.4 is 10.6 Å². The number of rotatable bonds is 8. The number of hydrogen-bond acceptors (Lipinski definition) is 4. The summed E-state index contributed by atoms with van der Waals surface area (Å²) in [5.74, 6) is -0.702. The molecule has 0 saturated heterocycles. The minimum absolute atomic E-state index is 0.129. The summed E-state index contributed by atoms with van der Waals surface area (Å²) in [5.41, 5.74) is -0.736. The van der Waals surface area contributed by atoms with Gasteiger partial charge in [0, 0.05) is 24.9 Å². The van der Waals surface area contributed by atoms with Crippen molar-refractivity contribution >= 4 is 11.8 Å². The molecule has 0 aromatic rings. The Morgan fingerprint density at radius 1 is 1.05 bits per heavy atom. The minimum atomic E-state index is -1.30. The molecule has 0 aromatic heterocycles. The van der Waals surface area contributed by atoms with Gasteiger partial charge in [-0.05, 0) is 11.8 Å². The van der Waals surface area contributed by atoms with Crippen LogP contribution in [-0.2, 0) is 9.59 Å². The number of carbonyl (C=O) groups excluding carboxylic acids is 2. The van der Waals surface area contributed by atoms with E-state index in [1.165, 1.54) is 0 Å². The van der Waals surface area contributed by atoms with Gasteiger partial charge in [0.25, 0.3) is 0 Å². The van der Waals surface area contributed by atoms with Crippen molar-refractivity contribution in [2.75, 3.05) is 19.7 Å². The average molecular weight is 302 g/mol. The maximum Gasteiger partial charge on any atom is 0.249 e. The van der Waals surface area contributed by atoms with Crippen LogP contribution in [0.1, 0.15) is 47.5 Å². The molecule has 0 heterocycles. The molecule has 6 heteroatoms. The van der Waals surface area contributed by atoms with Gasteiger partial charge in [-0.2, -0.15) is 0 Å². The van der Waals surface area contributed by atoms with E-state index < -0.39 is 17.4 Å². The summed E-state index contributed by atoms with van der Waals surface area (Å²) in [4.78, 5) is 23.2. The second-order valence-electron chi connectivity index (χ2n) is 7.25. The van der Waals surface area contributed by atoms with E-state index in [9.17, 15) is 14.7 Å². The maximum atomic E-state index is 11.7. The standard InChI is InChI=1S/C15H30N2O4/c1-14(2,3)7-9-16-11(19)6-8-17-13(21)12(20)15(4,5)10-18/h12,18,20H,6-10H2,1-5H3,(H,16,19)(H,17,21)/t12-/m0/s1. The second-order valence-corrected chi connectivity index (χ2v) is 7.25. The average Bonchev–Trinajstić information content (AvgIpc) is 2.36. The first-order valence-electron chi connectivity index (χ1n) is 7.33. The molecule has 0 spiro atoms. The van der Waals surface area contributed by atoms with Crippen molar-refractivity contribution < 1.29 is 19.8 Å². The highest BCUT2D eigenvalue weighted by Gasteiger charge is 2.32. The molecule has 1 atom stereocenters. The van der Waals surface area contributed by atoms with Crippen molar-refractivity contribution in [3.8, 4) is 0 Å². The molecule has 0 rings (SSSR count). The molecule has 0 saturated carbocycles. The van der Waals surface area contributed by atoms with Gasteiger partial charge >= 0.3 is 0 Å². The van der Waals surface area contributed by atoms with Crippen LogP contribution >= 0.6 is 0 Å². The molecule has 4 N–H and O–H groups in total. The topological polar surface area (TPSA) is 98.7 Å². The van der Waals surface area contributed by atoms with Gasteiger partial charge in [0.2, 0.25) is 11.8 Å². The molecular formula is C15H30N2O4. The SMILES string of the molecule is CC(C)(C)CCNC(=O)CCNC(=O)[C@H](O)C(C)(C)CO. The van der Waals surface area contributed by atoms with Crippen LogP contribution in [0.25, 0.3) is 0 Å². The van der Waals surface area contributed by atoms with E-state index in [2.05, 4.69) is 31.4 Å². The Kier molecular flexibility index (Phi) is 7.89. The van der Waals surface area contributed by atoms with Gasteiger partial charge in [0.15, 0.2) is 0 Å². The van der Waals surface area contributed by atoms with Crippen LogP contribution in [-0.4, -0.2) is 47.8 Å². The summed E-state index contributed by atoms with van der Waals surface area (Å²) in [6.07, 6.45) is -0.247. The molecule has 2 amide bonds. The summed E-state index contributed by atoms with van der Waals surface area (Å²) in [7, 11) is 0. The fourth-order valence-electron chi connectivity index (χ4n) is 1.50. The molecular weight excluding hydrogens is 272 g/mol. The van der Waals surface area contributed by atoms with Crippen LogP contribution in [0, 0.1) is 10.8 Å². The summed E-state index contributed by atoms with van der Waals surface area (Å²) in [5, 5.41) is 24.1. The summed E-state index contributed by atoms with van der Waals surface area (Å²) in [6, 6.07) is 0. The first-order valence-corrected chi connectivity index (χ1v) is 7.33. The smallest absolute Gasteiger partial charge is 0.249 e. The van der Waals surface area contributed by atoms with Gasteiger partial charge < -0.3 is 20.8 Å². The van der Waals surface area contributed by atoms with Crippen LogP contribution in [0.4, 0.5) is 0 Å². The quantitative estimate of drug-likeness (QED) is 0.522. The van der Waals surface area contributed by atoms with Crippen molar-refractivity contribution in [3.63, 3.8) is 0 Å². The molecule has 21 heavy (non-hydrogen) atoms. The Hall–Kier alpha value is -1.14. The maximum absolute atomic E-state index is 11.7. The minimum Gasteiger partial charge on any atom is -0.396 e. The normalized spacial score (nSPS) is 13.7. The van der Waals surface area contributed by atoms with Gasteiger partial charge in [0.05, 0.1) is 6.61 Å². The largest absolute Gasteiger partial charge is 0.396 e. The van der Waals surface area contributed by atoms with Crippen LogP contribution in [0.15, 0.2) is 0 Å². The third-order valence-corrected chi connectivity index (χ3v) is 3.24. The summed E-state index contributed by atoms with van der Waals surface area (Å²) in [6.45, 7) is 9.97. The Morgan fingerprint density at radius 3 is 2.10 bits per heavy atom. The van der Waals surface area contributed by atoms with E-state index >= 15 is 0 Å². The van der Waals surface area contributed by atoms with E-state index in [1.54, 1.807) is 13.8 Å². The summed E-state index contributed by atoms with van der Waals surface area (Å²) >= 11 is 0. The van der Waals surface area contributed by atoms with E-state index in [0.717, 1.165) is 6.42 Å². The van der Waals surface area contributed by atoms with E-state index in [-0.39, 0.29) is 30.9 Å². The Balaban J connectivity index is 3.94. The fourth-order valence-corrected chi connectivity index (χ4v) is 1.50. The molecule has 0 aliphatic rings. The Bertz CT molecular complexity index is 348. The number of aliphatic hydroxyl groups is 2. The first-order chi connectivity index (χ1) is 9.49. The molecule has 0 aromatic carbocycles. The molecule has 0 radical (unpaired) electrons. The molecule has 0 aliphatic heterocycles. The van der Waals surface area contributed by atoms with Crippen molar-refractivity contribution in [2.24, 2.45) is 10.8 Å². The zero-order valence-corrected chi connectivity index (χ0v) is 13.8. The lowest BCUT2D eigenvalue weighted by molar-refractivity contribution is -0.137. The number of amides is 2. The van der Waals surface area contributed by atoms with Crippen LogP contribution in [0.3, 0.4) is 0 Å². The lowest BCUT2D eigenvalue weighted by atomic mass is 9.87.